The smallest absolute Gasteiger partial charge is 0.343 e. The Morgan fingerprint density at radius 1 is 1.23 bits per heavy atom. The zero-order valence-corrected chi connectivity index (χ0v) is 16.2. The van der Waals surface area contributed by atoms with E-state index in [4.69, 9.17) is 20.9 Å². The van der Waals surface area contributed by atoms with Gasteiger partial charge in [-0.15, -0.1) is 0 Å². The van der Waals surface area contributed by atoms with Crippen molar-refractivity contribution in [1.29, 1.82) is 5.26 Å². The van der Waals surface area contributed by atoms with Gasteiger partial charge in [-0.05, 0) is 55.0 Å². The van der Waals surface area contributed by atoms with Gasteiger partial charge in [-0.3, -0.25) is 4.79 Å². The Morgan fingerprint density at radius 2 is 1.97 bits per heavy atom. The van der Waals surface area contributed by atoms with Gasteiger partial charge in [-0.25, -0.2) is 9.18 Å². The number of halogens is 2. The van der Waals surface area contributed by atoms with Gasteiger partial charge >= 0.3 is 5.97 Å². The lowest BCUT2D eigenvalue weighted by atomic mass is 10.1. The molecule has 0 spiro atoms. The summed E-state index contributed by atoms with van der Waals surface area (Å²) in [5, 5.41) is 15.4. The van der Waals surface area contributed by atoms with Gasteiger partial charge in [0.05, 0.1) is 10.6 Å². The molecule has 0 atom stereocenters. The van der Waals surface area contributed by atoms with E-state index in [1.807, 2.05) is 0 Å². The molecule has 2 aromatic carbocycles. The number of nitrogens with one attached hydrogen (secondary N) is 1. The number of amides is 1. The van der Waals surface area contributed by atoms with Crippen molar-refractivity contribution in [2.45, 2.75) is 6.92 Å². The molecule has 0 bridgehead atoms. The number of nitriles is 1. The van der Waals surface area contributed by atoms with Gasteiger partial charge in [0.25, 0.3) is 5.91 Å². The molecular weight excluding hydrogens is 413 g/mol. The standard InChI is InChI=1S/C21H13ClFN3O4/c1-12-8-19(26-30-12)25-20(27)15(11-24)9-13-2-7-18(17(22)10-13)29-21(28)14-3-5-16(23)6-4-14/h2-10H,1H3,(H,25,26,27)/b15-9-. The van der Waals surface area contributed by atoms with E-state index in [9.17, 15) is 19.2 Å². The molecule has 3 aromatic rings. The van der Waals surface area contributed by atoms with Crippen LogP contribution in [0.1, 0.15) is 21.7 Å². The van der Waals surface area contributed by atoms with Gasteiger partial charge in [0.1, 0.15) is 29.0 Å². The normalized spacial score (nSPS) is 10.9. The molecule has 0 aliphatic carbocycles. The number of rotatable bonds is 5. The molecule has 0 saturated carbocycles. The zero-order valence-electron chi connectivity index (χ0n) is 15.5. The fraction of sp³-hybridized carbons (Fsp3) is 0.0476. The fourth-order valence-electron chi connectivity index (χ4n) is 2.36. The summed E-state index contributed by atoms with van der Waals surface area (Å²) in [6.45, 7) is 1.66. The number of carbonyl (C=O) groups is 2. The first-order valence-electron chi connectivity index (χ1n) is 8.49. The Morgan fingerprint density at radius 3 is 2.57 bits per heavy atom. The molecule has 1 heterocycles. The van der Waals surface area contributed by atoms with Crippen LogP contribution in [0.2, 0.25) is 5.02 Å². The fourth-order valence-corrected chi connectivity index (χ4v) is 2.59. The van der Waals surface area contributed by atoms with Crippen molar-refractivity contribution >= 4 is 35.4 Å². The first-order valence-corrected chi connectivity index (χ1v) is 8.87. The number of hydrogen-bond acceptors (Lipinski definition) is 6. The molecule has 9 heteroatoms. The van der Waals surface area contributed by atoms with Crippen molar-refractivity contribution in [3.8, 4) is 11.8 Å². The highest BCUT2D eigenvalue weighted by molar-refractivity contribution is 6.32. The molecule has 3 rings (SSSR count). The third-order valence-corrected chi connectivity index (χ3v) is 4.08. The molecule has 150 valence electrons. The van der Waals surface area contributed by atoms with E-state index in [1.165, 1.54) is 42.5 Å². The SMILES string of the molecule is Cc1cc(NC(=O)/C(C#N)=C\c2ccc(OC(=O)c3ccc(F)cc3)c(Cl)c2)no1. The first-order chi connectivity index (χ1) is 14.4. The minimum Gasteiger partial charge on any atom is -0.421 e. The maximum Gasteiger partial charge on any atom is 0.343 e. The summed E-state index contributed by atoms with van der Waals surface area (Å²) in [5.74, 6) is -1.10. The number of benzene rings is 2. The van der Waals surface area contributed by atoms with E-state index in [1.54, 1.807) is 13.0 Å². The van der Waals surface area contributed by atoms with Crippen LogP contribution in [0.4, 0.5) is 10.2 Å². The molecule has 0 fully saturated rings. The lowest BCUT2D eigenvalue weighted by Gasteiger charge is -2.07. The number of hydrogen-bond donors (Lipinski definition) is 1. The molecule has 0 radical (unpaired) electrons. The van der Waals surface area contributed by atoms with E-state index < -0.39 is 17.7 Å². The average Bonchev–Trinajstić information content (AvgIpc) is 3.13. The second-order valence-electron chi connectivity index (χ2n) is 6.03. The molecule has 30 heavy (non-hydrogen) atoms. The van der Waals surface area contributed by atoms with Crippen molar-refractivity contribution in [2.24, 2.45) is 0 Å². The van der Waals surface area contributed by atoms with Gasteiger partial charge in [0.15, 0.2) is 5.82 Å². The summed E-state index contributed by atoms with van der Waals surface area (Å²) >= 11 is 6.15. The minimum absolute atomic E-state index is 0.0733. The second-order valence-corrected chi connectivity index (χ2v) is 6.44. The van der Waals surface area contributed by atoms with E-state index >= 15 is 0 Å². The largest absolute Gasteiger partial charge is 0.421 e. The van der Waals surface area contributed by atoms with Crippen LogP contribution in [0.5, 0.6) is 5.75 Å². The Hall–Kier alpha value is -3.96. The summed E-state index contributed by atoms with van der Waals surface area (Å²) in [5.41, 5.74) is 0.398. The number of aromatic nitrogens is 1. The molecule has 0 aliphatic heterocycles. The average molecular weight is 426 g/mol. The Labute approximate surface area is 175 Å². The highest BCUT2D eigenvalue weighted by Gasteiger charge is 2.14. The highest BCUT2D eigenvalue weighted by atomic mass is 35.5. The van der Waals surface area contributed by atoms with Crippen molar-refractivity contribution in [2.75, 3.05) is 5.32 Å². The van der Waals surface area contributed by atoms with Crippen LogP contribution in [-0.4, -0.2) is 17.0 Å². The Balaban J connectivity index is 1.74. The van der Waals surface area contributed by atoms with E-state index in [2.05, 4.69) is 10.5 Å². The van der Waals surface area contributed by atoms with Gasteiger partial charge in [-0.1, -0.05) is 22.8 Å². The quantitative estimate of drug-likeness (QED) is 0.278. The minimum atomic E-state index is -0.708. The van der Waals surface area contributed by atoms with Crippen LogP contribution < -0.4 is 10.1 Å². The van der Waals surface area contributed by atoms with Crippen LogP contribution in [0.15, 0.2) is 58.6 Å². The van der Waals surface area contributed by atoms with Gasteiger partial charge < -0.3 is 14.6 Å². The molecule has 0 aliphatic rings. The molecule has 1 aromatic heterocycles. The summed E-state index contributed by atoms with van der Waals surface area (Å²) in [6, 6.07) is 12.5. The first kappa shape index (κ1) is 20.8. The maximum atomic E-state index is 13.0. The van der Waals surface area contributed by atoms with Crippen molar-refractivity contribution in [3.63, 3.8) is 0 Å². The number of anilines is 1. The molecule has 7 nitrogen and oxygen atoms in total. The van der Waals surface area contributed by atoms with Crippen molar-refractivity contribution in [3.05, 3.63) is 81.8 Å². The molecular formula is C21H13ClFN3O4. The van der Waals surface area contributed by atoms with E-state index in [0.29, 0.717) is 11.3 Å². The summed E-state index contributed by atoms with van der Waals surface area (Å²) in [4.78, 5) is 24.3. The van der Waals surface area contributed by atoms with Crippen LogP contribution in [0.25, 0.3) is 6.08 Å². The number of carbonyl (C=O) groups excluding carboxylic acids is 2. The predicted molar refractivity (Wildman–Crippen MR) is 106 cm³/mol. The lowest BCUT2D eigenvalue weighted by molar-refractivity contribution is -0.112. The number of nitrogens with zero attached hydrogens (tertiary/aromatic N) is 2. The topological polar surface area (TPSA) is 105 Å². The van der Waals surface area contributed by atoms with Crippen LogP contribution in [0, 0.1) is 24.1 Å². The second kappa shape index (κ2) is 9.03. The van der Waals surface area contributed by atoms with Gasteiger partial charge in [-0.2, -0.15) is 5.26 Å². The number of aryl methyl sites for hydroxylation is 1. The van der Waals surface area contributed by atoms with Crippen LogP contribution in [-0.2, 0) is 4.79 Å². The highest BCUT2D eigenvalue weighted by Crippen LogP contribution is 2.27. The number of ether oxygens (including phenoxy) is 1. The summed E-state index contributed by atoms with van der Waals surface area (Å²) in [6.07, 6.45) is 1.32. The Kier molecular flexibility index (Phi) is 6.25. The molecule has 0 saturated heterocycles. The van der Waals surface area contributed by atoms with E-state index in [-0.39, 0.29) is 27.7 Å². The van der Waals surface area contributed by atoms with Crippen LogP contribution >= 0.6 is 11.6 Å². The molecule has 1 amide bonds. The predicted octanol–water partition coefficient (Wildman–Crippen LogP) is 4.54. The van der Waals surface area contributed by atoms with Crippen LogP contribution in [0.3, 0.4) is 0 Å². The third-order valence-electron chi connectivity index (χ3n) is 3.78. The molecule has 1 N–H and O–H groups in total. The number of esters is 1. The molecule has 0 unspecified atom stereocenters. The van der Waals surface area contributed by atoms with Gasteiger partial charge in [0.2, 0.25) is 0 Å². The maximum absolute atomic E-state index is 13.0. The Bertz CT molecular complexity index is 1180. The van der Waals surface area contributed by atoms with Crippen molar-refractivity contribution < 1.29 is 23.2 Å². The summed E-state index contributed by atoms with van der Waals surface area (Å²) < 4.78 is 23.0. The zero-order chi connectivity index (χ0) is 21.7. The van der Waals surface area contributed by atoms with Gasteiger partial charge in [0, 0.05) is 6.07 Å². The van der Waals surface area contributed by atoms with E-state index in [0.717, 1.165) is 12.1 Å². The lowest BCUT2D eigenvalue weighted by Crippen LogP contribution is -2.13. The summed E-state index contributed by atoms with van der Waals surface area (Å²) in [7, 11) is 0. The third kappa shape index (κ3) is 5.10. The van der Waals surface area contributed by atoms with Crippen molar-refractivity contribution in [1.82, 2.24) is 5.16 Å². The monoisotopic (exact) mass is 425 g/mol.